The molecule has 1 amide bonds. The van der Waals surface area contributed by atoms with Gasteiger partial charge < -0.3 is 10.1 Å². The second kappa shape index (κ2) is 8.84. The van der Waals surface area contributed by atoms with E-state index in [2.05, 4.69) is 10.6 Å². The number of rotatable bonds is 5. The standard InChI is InChI=1S/C19H20N2O2S/c1-3-23-17-11-9-16(10-12-17)20-19(24)21-18(22)13-8-15-6-4-14(2)5-7-15/h4-13H,3H2,1-2H3,(H2,20,21,22,24)/b13-8+. The highest BCUT2D eigenvalue weighted by atomic mass is 32.1. The fraction of sp³-hybridized carbons (Fsp3) is 0.158. The second-order valence-corrected chi connectivity index (χ2v) is 5.55. The molecular formula is C19H20N2O2S. The number of thiocarbonyl (C=S) groups is 1. The first-order valence-electron chi connectivity index (χ1n) is 7.66. The number of hydrogen-bond donors (Lipinski definition) is 2. The van der Waals surface area contributed by atoms with Crippen molar-refractivity contribution in [2.75, 3.05) is 11.9 Å². The summed E-state index contributed by atoms with van der Waals surface area (Å²) in [6.07, 6.45) is 3.20. The number of hydrogen-bond acceptors (Lipinski definition) is 3. The molecule has 0 aliphatic rings. The van der Waals surface area contributed by atoms with Crippen LogP contribution in [0.2, 0.25) is 0 Å². The zero-order valence-electron chi connectivity index (χ0n) is 13.7. The third-order valence-corrected chi connectivity index (χ3v) is 3.37. The quantitative estimate of drug-likeness (QED) is 0.640. The van der Waals surface area contributed by atoms with E-state index in [1.54, 1.807) is 6.08 Å². The maximum absolute atomic E-state index is 11.9. The second-order valence-electron chi connectivity index (χ2n) is 5.14. The average Bonchev–Trinajstić information content (AvgIpc) is 2.56. The largest absolute Gasteiger partial charge is 0.494 e. The maximum Gasteiger partial charge on any atom is 0.250 e. The van der Waals surface area contributed by atoms with Crippen LogP contribution in [0.25, 0.3) is 6.08 Å². The fourth-order valence-electron chi connectivity index (χ4n) is 1.97. The Bertz CT molecular complexity index is 722. The number of anilines is 1. The van der Waals surface area contributed by atoms with Gasteiger partial charge in [0.15, 0.2) is 5.11 Å². The minimum absolute atomic E-state index is 0.248. The first-order chi connectivity index (χ1) is 11.6. The molecule has 0 heterocycles. The molecule has 0 unspecified atom stereocenters. The lowest BCUT2D eigenvalue weighted by Crippen LogP contribution is -2.32. The molecular weight excluding hydrogens is 320 g/mol. The Morgan fingerprint density at radius 1 is 1.12 bits per heavy atom. The van der Waals surface area contributed by atoms with Gasteiger partial charge in [0.1, 0.15) is 5.75 Å². The molecule has 2 aromatic carbocycles. The molecule has 0 spiro atoms. The molecule has 0 fully saturated rings. The molecule has 0 saturated carbocycles. The first kappa shape index (κ1) is 17.7. The van der Waals surface area contributed by atoms with Crippen LogP contribution < -0.4 is 15.4 Å². The minimum Gasteiger partial charge on any atom is -0.494 e. The molecule has 0 bridgehead atoms. The van der Waals surface area contributed by atoms with E-state index >= 15 is 0 Å². The predicted octanol–water partition coefficient (Wildman–Crippen LogP) is 3.92. The van der Waals surface area contributed by atoms with Gasteiger partial charge in [-0.2, -0.15) is 0 Å². The Hall–Kier alpha value is -2.66. The van der Waals surface area contributed by atoms with E-state index < -0.39 is 0 Å². The van der Waals surface area contributed by atoms with Crippen LogP contribution in [0.5, 0.6) is 5.75 Å². The summed E-state index contributed by atoms with van der Waals surface area (Å²) in [5.74, 6) is 0.512. The van der Waals surface area contributed by atoms with Gasteiger partial charge in [-0.25, -0.2) is 0 Å². The predicted molar refractivity (Wildman–Crippen MR) is 102 cm³/mol. The van der Waals surface area contributed by atoms with E-state index in [4.69, 9.17) is 17.0 Å². The van der Waals surface area contributed by atoms with Crippen LogP contribution in [-0.2, 0) is 4.79 Å². The molecule has 2 rings (SSSR count). The summed E-state index contributed by atoms with van der Waals surface area (Å²) in [6, 6.07) is 15.3. The van der Waals surface area contributed by atoms with E-state index in [0.29, 0.717) is 6.61 Å². The van der Waals surface area contributed by atoms with Crippen molar-refractivity contribution >= 4 is 35.0 Å². The summed E-state index contributed by atoms with van der Waals surface area (Å²) in [5, 5.41) is 5.82. The van der Waals surface area contributed by atoms with E-state index in [1.165, 1.54) is 11.6 Å². The normalized spacial score (nSPS) is 10.4. The van der Waals surface area contributed by atoms with Gasteiger partial charge in [0.2, 0.25) is 5.91 Å². The van der Waals surface area contributed by atoms with Gasteiger partial charge in [-0.3, -0.25) is 10.1 Å². The van der Waals surface area contributed by atoms with Gasteiger partial charge in [0.05, 0.1) is 6.61 Å². The molecule has 0 aliphatic carbocycles. The van der Waals surface area contributed by atoms with Gasteiger partial charge in [-0.15, -0.1) is 0 Å². The number of nitrogens with one attached hydrogen (secondary N) is 2. The number of ether oxygens (including phenoxy) is 1. The third kappa shape index (κ3) is 5.85. The van der Waals surface area contributed by atoms with E-state index in [-0.39, 0.29) is 11.0 Å². The van der Waals surface area contributed by atoms with Gasteiger partial charge in [-0.1, -0.05) is 29.8 Å². The molecule has 0 radical (unpaired) electrons. The Morgan fingerprint density at radius 3 is 2.42 bits per heavy atom. The van der Waals surface area contributed by atoms with Crippen LogP contribution in [0, 0.1) is 6.92 Å². The van der Waals surface area contributed by atoms with Gasteiger partial charge in [0.25, 0.3) is 0 Å². The highest BCUT2D eigenvalue weighted by Gasteiger charge is 2.02. The van der Waals surface area contributed by atoms with Crippen LogP contribution in [0.4, 0.5) is 5.69 Å². The van der Waals surface area contributed by atoms with Gasteiger partial charge in [-0.05, 0) is 62.0 Å². The number of carbonyl (C=O) groups excluding carboxylic acids is 1. The zero-order chi connectivity index (χ0) is 17.4. The Balaban J connectivity index is 1.84. The SMILES string of the molecule is CCOc1ccc(NC(=S)NC(=O)/C=C/c2ccc(C)cc2)cc1. The molecule has 2 aromatic rings. The molecule has 24 heavy (non-hydrogen) atoms. The van der Waals surface area contributed by atoms with Crippen LogP contribution in [0.15, 0.2) is 54.6 Å². The lowest BCUT2D eigenvalue weighted by molar-refractivity contribution is -0.115. The molecule has 124 valence electrons. The lowest BCUT2D eigenvalue weighted by atomic mass is 10.1. The minimum atomic E-state index is -0.279. The van der Waals surface area contributed by atoms with Gasteiger partial charge in [0, 0.05) is 11.8 Å². The highest BCUT2D eigenvalue weighted by Crippen LogP contribution is 2.15. The summed E-state index contributed by atoms with van der Waals surface area (Å²) < 4.78 is 5.37. The molecule has 5 heteroatoms. The third-order valence-electron chi connectivity index (χ3n) is 3.16. The molecule has 0 aliphatic heterocycles. The Morgan fingerprint density at radius 2 is 1.79 bits per heavy atom. The monoisotopic (exact) mass is 340 g/mol. The molecule has 0 atom stereocenters. The Labute approximate surface area is 147 Å². The van der Waals surface area contributed by atoms with Crippen molar-refractivity contribution in [2.45, 2.75) is 13.8 Å². The molecule has 2 N–H and O–H groups in total. The average molecular weight is 340 g/mol. The number of amides is 1. The number of aryl methyl sites for hydroxylation is 1. The van der Waals surface area contributed by atoms with E-state index in [9.17, 15) is 4.79 Å². The van der Waals surface area contributed by atoms with Crippen molar-refractivity contribution in [3.63, 3.8) is 0 Å². The smallest absolute Gasteiger partial charge is 0.250 e. The van der Waals surface area contributed by atoms with Crippen LogP contribution in [0.3, 0.4) is 0 Å². The topological polar surface area (TPSA) is 50.4 Å². The van der Waals surface area contributed by atoms with Crippen molar-refractivity contribution in [1.29, 1.82) is 0 Å². The van der Waals surface area contributed by atoms with Crippen LogP contribution in [0.1, 0.15) is 18.1 Å². The Kier molecular flexibility index (Phi) is 6.51. The van der Waals surface area contributed by atoms with E-state index in [1.807, 2.05) is 62.4 Å². The summed E-state index contributed by atoms with van der Waals surface area (Å²) >= 11 is 5.14. The van der Waals surface area contributed by atoms with Crippen molar-refractivity contribution in [3.8, 4) is 5.75 Å². The number of benzene rings is 2. The lowest BCUT2D eigenvalue weighted by Gasteiger charge is -2.09. The fourth-order valence-corrected chi connectivity index (χ4v) is 2.18. The summed E-state index contributed by atoms with van der Waals surface area (Å²) in [4.78, 5) is 11.9. The number of carbonyl (C=O) groups is 1. The molecule has 0 aromatic heterocycles. The zero-order valence-corrected chi connectivity index (χ0v) is 14.5. The van der Waals surface area contributed by atoms with Crippen molar-refractivity contribution < 1.29 is 9.53 Å². The van der Waals surface area contributed by atoms with Crippen LogP contribution >= 0.6 is 12.2 Å². The van der Waals surface area contributed by atoms with Gasteiger partial charge >= 0.3 is 0 Å². The van der Waals surface area contributed by atoms with Crippen molar-refractivity contribution in [1.82, 2.24) is 5.32 Å². The summed E-state index contributed by atoms with van der Waals surface area (Å²) in [6.45, 7) is 4.57. The van der Waals surface area contributed by atoms with Crippen molar-refractivity contribution in [3.05, 3.63) is 65.7 Å². The van der Waals surface area contributed by atoms with E-state index in [0.717, 1.165) is 17.0 Å². The van der Waals surface area contributed by atoms with Crippen LogP contribution in [-0.4, -0.2) is 17.6 Å². The van der Waals surface area contributed by atoms with Crippen molar-refractivity contribution in [2.24, 2.45) is 0 Å². The molecule has 0 saturated heterocycles. The molecule has 4 nitrogen and oxygen atoms in total. The summed E-state index contributed by atoms with van der Waals surface area (Å²) in [5.41, 5.74) is 2.92. The highest BCUT2D eigenvalue weighted by molar-refractivity contribution is 7.80. The first-order valence-corrected chi connectivity index (χ1v) is 8.07. The summed E-state index contributed by atoms with van der Waals surface area (Å²) in [7, 11) is 0. The maximum atomic E-state index is 11.9.